The number of rotatable bonds is 4. The molecular weight excluding hydrogens is 358 g/mol. The van der Waals surface area contributed by atoms with Crippen molar-refractivity contribution in [3.05, 3.63) is 83.0 Å². The second-order valence-corrected chi connectivity index (χ2v) is 6.79. The summed E-state index contributed by atoms with van der Waals surface area (Å²) in [5.41, 5.74) is 2.83. The van der Waals surface area contributed by atoms with Gasteiger partial charge >= 0.3 is 0 Å². The molecule has 0 unspecified atom stereocenters. The number of aryl methyl sites for hydroxylation is 1. The Hall–Kier alpha value is -2.98. The minimum atomic E-state index is -0.392. The van der Waals surface area contributed by atoms with E-state index in [2.05, 4.69) is 9.97 Å². The summed E-state index contributed by atoms with van der Waals surface area (Å²) in [6, 6.07) is 7.08. The summed E-state index contributed by atoms with van der Waals surface area (Å²) in [7, 11) is 1.93. The third kappa shape index (κ3) is 3.36. The smallest absolute Gasteiger partial charge is 0.170 e. The van der Waals surface area contributed by atoms with E-state index in [4.69, 9.17) is 15.7 Å². The van der Waals surface area contributed by atoms with Crippen LogP contribution in [0.4, 0.5) is 0 Å². The van der Waals surface area contributed by atoms with Crippen molar-refractivity contribution in [2.24, 2.45) is 7.05 Å². The highest BCUT2D eigenvalue weighted by atomic mass is 35.5. The number of carbonyl (C=O) groups is 1. The van der Waals surface area contributed by atoms with Crippen LogP contribution in [-0.2, 0) is 13.5 Å². The monoisotopic (exact) mass is 378 g/mol. The molecule has 4 nitrogen and oxygen atoms in total. The Kier molecular flexibility index (Phi) is 3.65. The van der Waals surface area contributed by atoms with Crippen LogP contribution in [0.2, 0.25) is 5.02 Å². The number of fused-ring (bicyclic) bond motifs is 1. The Morgan fingerprint density at radius 3 is 2.85 bits per heavy atom. The summed E-state index contributed by atoms with van der Waals surface area (Å²) in [5, 5.41) is 1.94. The molecule has 0 aliphatic rings. The van der Waals surface area contributed by atoms with Gasteiger partial charge in [0.05, 0.1) is 33.8 Å². The number of ketones is 1. The van der Waals surface area contributed by atoms with Crippen molar-refractivity contribution in [1.82, 2.24) is 14.5 Å². The molecular formula is C22H18ClN3O. The predicted molar refractivity (Wildman–Crippen MR) is 108 cm³/mol. The Morgan fingerprint density at radius 1 is 1.22 bits per heavy atom. The zero-order valence-corrected chi connectivity index (χ0v) is 15.6. The van der Waals surface area contributed by atoms with Gasteiger partial charge in [-0.2, -0.15) is 0 Å². The van der Waals surface area contributed by atoms with E-state index in [1.165, 1.54) is 0 Å². The lowest BCUT2D eigenvalue weighted by atomic mass is 10.0. The van der Waals surface area contributed by atoms with Gasteiger partial charge in [0.2, 0.25) is 0 Å². The first-order valence-corrected chi connectivity index (χ1v) is 8.80. The lowest BCUT2D eigenvalue weighted by molar-refractivity contribution is 0.0992. The van der Waals surface area contributed by atoms with Crippen LogP contribution >= 0.6 is 11.6 Å². The normalized spacial score (nSPS) is 12.6. The number of imidazole rings is 1. The third-order valence-electron chi connectivity index (χ3n) is 4.50. The molecule has 0 amide bonds. The van der Waals surface area contributed by atoms with E-state index in [9.17, 15) is 4.79 Å². The molecule has 2 heterocycles. The van der Waals surface area contributed by atoms with Crippen LogP contribution in [0.3, 0.4) is 0 Å². The maximum Gasteiger partial charge on any atom is 0.170 e. The fourth-order valence-electron chi connectivity index (χ4n) is 3.01. The lowest BCUT2D eigenvalue weighted by Gasteiger charge is -2.08. The number of hydrogen-bond acceptors (Lipinski definition) is 3. The first-order valence-electron chi connectivity index (χ1n) is 9.92. The quantitative estimate of drug-likeness (QED) is 0.468. The molecule has 2 aromatic carbocycles. The van der Waals surface area contributed by atoms with Crippen LogP contribution in [0.25, 0.3) is 22.0 Å². The van der Waals surface area contributed by atoms with Gasteiger partial charge < -0.3 is 4.57 Å². The zero-order chi connectivity index (χ0) is 21.6. The van der Waals surface area contributed by atoms with E-state index in [0.29, 0.717) is 11.3 Å². The van der Waals surface area contributed by atoms with Gasteiger partial charge in [-0.05, 0) is 36.0 Å². The number of pyridine rings is 1. The molecule has 0 atom stereocenters. The highest BCUT2D eigenvalue weighted by Crippen LogP contribution is 2.25. The predicted octanol–water partition coefficient (Wildman–Crippen LogP) is 5.02. The Morgan fingerprint density at radius 2 is 2.07 bits per heavy atom. The van der Waals surface area contributed by atoms with Crippen molar-refractivity contribution in [2.75, 3.05) is 0 Å². The van der Waals surface area contributed by atoms with Gasteiger partial charge in [-0.1, -0.05) is 35.8 Å². The van der Waals surface area contributed by atoms with Crippen molar-refractivity contribution < 1.29 is 8.91 Å². The number of halogens is 1. The standard InChI is InChI=1S/C22H18ClN3O/c1-14-4-3-5-19(22(14)23)21(27)10-18-9-17-8-15(6-7-16(17)11-25-18)20-12-24-13-26(20)2/h3-9,11-13H,10H2,1-2H3/i3D,4D,5D. The van der Waals surface area contributed by atoms with Crippen molar-refractivity contribution in [2.45, 2.75) is 13.3 Å². The molecule has 0 radical (unpaired) electrons. The molecule has 0 aliphatic carbocycles. The van der Waals surface area contributed by atoms with Crippen molar-refractivity contribution in [3.63, 3.8) is 0 Å². The number of nitrogens with zero attached hydrogens (tertiary/aromatic N) is 3. The second-order valence-electron chi connectivity index (χ2n) is 6.42. The number of aromatic nitrogens is 3. The molecule has 0 N–H and O–H groups in total. The Labute approximate surface area is 166 Å². The van der Waals surface area contributed by atoms with E-state index < -0.39 is 5.78 Å². The third-order valence-corrected chi connectivity index (χ3v) is 4.97. The molecule has 0 aliphatic heterocycles. The zero-order valence-electron chi connectivity index (χ0n) is 17.9. The summed E-state index contributed by atoms with van der Waals surface area (Å²) in [6.45, 7) is 1.58. The van der Waals surface area contributed by atoms with Gasteiger partial charge in [-0.15, -0.1) is 0 Å². The van der Waals surface area contributed by atoms with Crippen molar-refractivity contribution in [3.8, 4) is 11.3 Å². The summed E-state index contributed by atoms with van der Waals surface area (Å²) < 4.78 is 25.8. The summed E-state index contributed by atoms with van der Waals surface area (Å²) >= 11 is 6.25. The van der Waals surface area contributed by atoms with Gasteiger partial charge in [0, 0.05) is 35.5 Å². The molecule has 5 heteroatoms. The number of Topliss-reactive ketones (excluding diaryl/α,β-unsaturated/α-hetero) is 1. The molecule has 2 aromatic heterocycles. The SMILES string of the molecule is [2H]c1c([2H])c(C)c(Cl)c(C(=O)Cc2cc3cc(-c4cncn4C)ccc3cn2)c1[2H]. The largest absolute Gasteiger partial charge is 0.334 e. The van der Waals surface area contributed by atoms with Gasteiger partial charge in [0.15, 0.2) is 5.78 Å². The van der Waals surface area contributed by atoms with Crippen molar-refractivity contribution in [1.29, 1.82) is 0 Å². The van der Waals surface area contributed by atoms with Crippen LogP contribution in [-0.4, -0.2) is 20.3 Å². The Bertz CT molecular complexity index is 1290. The fraction of sp³-hybridized carbons (Fsp3) is 0.136. The highest BCUT2D eigenvalue weighted by molar-refractivity contribution is 6.34. The summed E-state index contributed by atoms with van der Waals surface area (Å²) in [5.74, 6) is -0.392. The number of hydrogen-bond donors (Lipinski definition) is 0. The molecule has 0 saturated heterocycles. The van der Waals surface area contributed by atoms with Crippen LogP contribution in [0.5, 0.6) is 0 Å². The Balaban J connectivity index is 1.71. The summed E-state index contributed by atoms with van der Waals surface area (Å²) in [6.07, 6.45) is 5.19. The number of carbonyl (C=O) groups excluding carboxylic acids is 1. The lowest BCUT2D eigenvalue weighted by Crippen LogP contribution is -2.06. The van der Waals surface area contributed by atoms with E-state index >= 15 is 0 Å². The van der Waals surface area contributed by atoms with Crippen LogP contribution in [0, 0.1) is 6.92 Å². The minimum absolute atomic E-state index is 0.0271. The van der Waals surface area contributed by atoms with E-state index in [1.54, 1.807) is 25.6 Å². The first kappa shape index (κ1) is 14.1. The maximum absolute atomic E-state index is 12.9. The van der Waals surface area contributed by atoms with Gasteiger partial charge in [0.25, 0.3) is 0 Å². The highest BCUT2D eigenvalue weighted by Gasteiger charge is 2.14. The average molecular weight is 379 g/mol. The van der Waals surface area contributed by atoms with Crippen molar-refractivity contribution >= 4 is 28.2 Å². The maximum atomic E-state index is 12.9. The van der Waals surface area contributed by atoms with E-state index in [0.717, 1.165) is 22.0 Å². The molecule has 134 valence electrons. The van der Waals surface area contributed by atoms with Gasteiger partial charge in [-0.25, -0.2) is 4.98 Å². The topological polar surface area (TPSA) is 47.8 Å². The first-order chi connectivity index (χ1) is 14.3. The molecule has 27 heavy (non-hydrogen) atoms. The van der Waals surface area contributed by atoms with E-state index in [1.807, 2.05) is 35.9 Å². The van der Waals surface area contributed by atoms with E-state index in [-0.39, 0.29) is 35.1 Å². The number of benzene rings is 2. The molecule has 0 bridgehead atoms. The van der Waals surface area contributed by atoms with Crippen LogP contribution in [0.1, 0.15) is 25.7 Å². The van der Waals surface area contributed by atoms with Crippen LogP contribution in [0.15, 0.2) is 61.1 Å². The minimum Gasteiger partial charge on any atom is -0.334 e. The van der Waals surface area contributed by atoms with Gasteiger partial charge in [0.1, 0.15) is 0 Å². The molecule has 0 spiro atoms. The summed E-state index contributed by atoms with van der Waals surface area (Å²) in [4.78, 5) is 21.4. The average Bonchev–Trinajstić information content (AvgIpc) is 3.16. The molecule has 0 saturated carbocycles. The molecule has 4 rings (SSSR count). The molecule has 0 fully saturated rings. The molecule has 4 aromatic rings. The fourth-order valence-corrected chi connectivity index (χ4v) is 3.21. The van der Waals surface area contributed by atoms with Crippen LogP contribution < -0.4 is 0 Å². The second kappa shape index (κ2) is 6.97. The van der Waals surface area contributed by atoms with Gasteiger partial charge in [-0.3, -0.25) is 9.78 Å².